The third kappa shape index (κ3) is 5.04. The molecular weight excluding hydrogens is 631 g/mol. The van der Waals surface area contributed by atoms with Gasteiger partial charge in [0.15, 0.2) is 0 Å². The van der Waals surface area contributed by atoms with Crippen LogP contribution in [0, 0.1) is 0 Å². The average Bonchev–Trinajstić information content (AvgIpc) is 3.71. The summed E-state index contributed by atoms with van der Waals surface area (Å²) in [4.78, 5) is 15.2. The topological polar surface area (TPSA) is 69.1 Å². The molecule has 2 N–H and O–H groups in total. The molecule has 5 nitrogen and oxygen atoms in total. The highest BCUT2D eigenvalue weighted by Crippen LogP contribution is 2.44. The summed E-state index contributed by atoms with van der Waals surface area (Å²) in [5, 5.41) is 3.72. The number of pyridine rings is 2. The SMILES string of the molecule is C/C=C\N=C(N)C1=Cc2sc3ccc(-n4c5ccccc5c5cc(-c6ccccc6-c6ccccn6)ccc54)cc3c2CC1c1ccccn1. The van der Waals surface area contributed by atoms with Gasteiger partial charge in [0.2, 0.25) is 0 Å². The number of thiophene rings is 1. The fourth-order valence-corrected chi connectivity index (χ4v) is 8.57. The van der Waals surface area contributed by atoms with E-state index in [1.807, 2.05) is 61.0 Å². The number of rotatable bonds is 6. The van der Waals surface area contributed by atoms with Gasteiger partial charge in [-0.3, -0.25) is 9.97 Å². The highest BCUT2D eigenvalue weighted by molar-refractivity contribution is 7.20. The molecule has 0 saturated carbocycles. The molecule has 4 aromatic carbocycles. The van der Waals surface area contributed by atoms with Crippen LogP contribution in [-0.2, 0) is 6.42 Å². The van der Waals surface area contributed by atoms with E-state index >= 15 is 0 Å². The second kappa shape index (κ2) is 12.4. The van der Waals surface area contributed by atoms with Crippen LogP contribution in [0.1, 0.15) is 29.0 Å². The number of allylic oxidation sites excluding steroid dienone is 1. The molecule has 1 unspecified atom stereocenters. The van der Waals surface area contributed by atoms with Crippen LogP contribution in [0.5, 0.6) is 0 Å². The third-order valence-electron chi connectivity index (χ3n) is 9.69. The van der Waals surface area contributed by atoms with E-state index in [0.717, 1.165) is 34.6 Å². The molecule has 240 valence electrons. The highest BCUT2D eigenvalue weighted by atomic mass is 32.1. The molecule has 0 spiro atoms. The van der Waals surface area contributed by atoms with E-state index in [1.165, 1.54) is 53.5 Å². The Bertz CT molecular complexity index is 2640. The predicted molar refractivity (Wildman–Crippen MR) is 210 cm³/mol. The molecule has 6 heteroatoms. The van der Waals surface area contributed by atoms with Crippen molar-refractivity contribution in [3.8, 4) is 28.1 Å². The number of hydrogen-bond donors (Lipinski definition) is 1. The van der Waals surface area contributed by atoms with Gasteiger partial charge < -0.3 is 10.3 Å². The Hall–Kier alpha value is -6.11. The minimum atomic E-state index is 0.0137. The van der Waals surface area contributed by atoms with Crippen LogP contribution in [0.15, 0.2) is 157 Å². The number of nitrogens with zero attached hydrogens (tertiary/aromatic N) is 4. The second-order valence-electron chi connectivity index (χ2n) is 12.6. The number of para-hydroxylation sites is 1. The number of nitrogens with two attached hydrogens (primary N) is 1. The first kappa shape index (κ1) is 30.0. The largest absolute Gasteiger partial charge is 0.383 e. The summed E-state index contributed by atoms with van der Waals surface area (Å²) in [6.45, 7) is 1.95. The number of amidine groups is 1. The van der Waals surface area contributed by atoms with E-state index in [-0.39, 0.29) is 5.92 Å². The van der Waals surface area contributed by atoms with Gasteiger partial charge in [0.05, 0.1) is 16.7 Å². The predicted octanol–water partition coefficient (Wildman–Crippen LogP) is 10.7. The highest BCUT2D eigenvalue weighted by Gasteiger charge is 2.29. The van der Waals surface area contributed by atoms with Gasteiger partial charge in [0.25, 0.3) is 0 Å². The molecule has 4 heterocycles. The molecule has 1 atom stereocenters. The van der Waals surface area contributed by atoms with Gasteiger partial charge in [-0.1, -0.05) is 66.7 Å². The summed E-state index contributed by atoms with van der Waals surface area (Å²) in [6, 6.07) is 43.2. The van der Waals surface area contributed by atoms with Crippen molar-refractivity contribution in [1.82, 2.24) is 14.5 Å². The van der Waals surface area contributed by atoms with Crippen molar-refractivity contribution in [2.45, 2.75) is 19.3 Å². The summed E-state index contributed by atoms with van der Waals surface area (Å²) < 4.78 is 3.67. The van der Waals surface area contributed by atoms with Crippen LogP contribution < -0.4 is 5.73 Å². The molecule has 4 aromatic heterocycles. The van der Waals surface area contributed by atoms with Gasteiger partial charge in [-0.25, -0.2) is 4.99 Å². The summed E-state index contributed by atoms with van der Waals surface area (Å²) in [7, 11) is 0. The lowest BCUT2D eigenvalue weighted by Gasteiger charge is -2.24. The number of hydrogen-bond acceptors (Lipinski definition) is 4. The van der Waals surface area contributed by atoms with Crippen LogP contribution >= 0.6 is 11.3 Å². The van der Waals surface area contributed by atoms with Crippen molar-refractivity contribution in [1.29, 1.82) is 0 Å². The maximum atomic E-state index is 6.59. The molecule has 0 amide bonds. The van der Waals surface area contributed by atoms with Gasteiger partial charge >= 0.3 is 0 Å². The molecular formula is C44H33N5S. The molecule has 8 aromatic rings. The Balaban J connectivity index is 1.20. The van der Waals surface area contributed by atoms with Gasteiger partial charge in [-0.15, -0.1) is 11.3 Å². The normalized spacial score (nSPS) is 14.9. The molecule has 0 fully saturated rings. The Morgan fingerprint density at radius 1 is 0.780 bits per heavy atom. The van der Waals surface area contributed by atoms with E-state index in [1.54, 1.807) is 6.20 Å². The standard InChI is InChI=1S/C44H33N5S/c1-2-21-48-44(45)37-27-43-36(26-33(37)39-15-8-10-23-47-39)35-25-29(18-20-42(35)50-43)49-40-16-6-5-13-32(40)34-24-28(17-19-41(34)49)30-11-3-4-12-31(30)38-14-7-9-22-46-38/h2-25,27,33H,26H2,1H3,(H2,45,48)/b21-2-. The van der Waals surface area contributed by atoms with Crippen molar-refractivity contribution >= 4 is 55.1 Å². The van der Waals surface area contributed by atoms with E-state index in [2.05, 4.69) is 118 Å². The third-order valence-corrected chi connectivity index (χ3v) is 10.8. The van der Waals surface area contributed by atoms with Crippen LogP contribution in [0.3, 0.4) is 0 Å². The second-order valence-corrected chi connectivity index (χ2v) is 13.7. The minimum absolute atomic E-state index is 0.0137. The van der Waals surface area contributed by atoms with Gasteiger partial charge in [-0.2, -0.15) is 0 Å². The maximum absolute atomic E-state index is 6.59. The first-order chi connectivity index (χ1) is 24.7. The summed E-state index contributed by atoms with van der Waals surface area (Å²) >= 11 is 1.81. The number of benzene rings is 4. The van der Waals surface area contributed by atoms with E-state index in [9.17, 15) is 0 Å². The molecule has 1 aliphatic rings. The van der Waals surface area contributed by atoms with Gasteiger partial charge in [0.1, 0.15) is 5.84 Å². The van der Waals surface area contributed by atoms with Gasteiger partial charge in [-0.05, 0) is 102 Å². The fourth-order valence-electron chi connectivity index (χ4n) is 7.40. The Morgan fingerprint density at radius 3 is 2.38 bits per heavy atom. The maximum Gasteiger partial charge on any atom is 0.127 e. The van der Waals surface area contributed by atoms with E-state index in [4.69, 9.17) is 10.7 Å². The van der Waals surface area contributed by atoms with Crippen molar-refractivity contribution < 1.29 is 0 Å². The lowest BCUT2D eigenvalue weighted by atomic mass is 9.82. The molecule has 0 bridgehead atoms. The van der Waals surface area contributed by atoms with Crippen molar-refractivity contribution in [3.63, 3.8) is 0 Å². The van der Waals surface area contributed by atoms with Gasteiger partial charge in [0, 0.05) is 67.4 Å². The lowest BCUT2D eigenvalue weighted by molar-refractivity contribution is 0.779. The van der Waals surface area contributed by atoms with Crippen LogP contribution in [0.25, 0.3) is 66.0 Å². The molecule has 0 saturated heterocycles. The first-order valence-corrected chi connectivity index (χ1v) is 17.7. The Kier molecular flexibility index (Phi) is 7.44. The summed E-state index contributed by atoms with van der Waals surface area (Å²) in [6.07, 6.45) is 10.4. The zero-order chi connectivity index (χ0) is 33.6. The number of aliphatic imine (C=N–C) groups is 1. The van der Waals surface area contributed by atoms with Crippen LogP contribution in [-0.4, -0.2) is 20.4 Å². The smallest absolute Gasteiger partial charge is 0.127 e. The van der Waals surface area contributed by atoms with E-state index < -0.39 is 0 Å². The Morgan fingerprint density at radius 2 is 1.56 bits per heavy atom. The Labute approximate surface area is 294 Å². The molecule has 50 heavy (non-hydrogen) atoms. The fraction of sp³-hybridized carbons (Fsp3) is 0.0682. The van der Waals surface area contributed by atoms with Crippen molar-refractivity contribution in [2.24, 2.45) is 10.7 Å². The zero-order valence-corrected chi connectivity index (χ0v) is 28.3. The minimum Gasteiger partial charge on any atom is -0.383 e. The molecule has 9 rings (SSSR count). The lowest BCUT2D eigenvalue weighted by Crippen LogP contribution is -2.24. The van der Waals surface area contributed by atoms with E-state index in [0.29, 0.717) is 5.84 Å². The average molecular weight is 664 g/mol. The summed E-state index contributed by atoms with van der Waals surface area (Å²) in [5.74, 6) is 0.551. The molecule has 1 aliphatic carbocycles. The van der Waals surface area contributed by atoms with Crippen LogP contribution in [0.4, 0.5) is 0 Å². The summed E-state index contributed by atoms with van der Waals surface area (Å²) in [5.41, 5.74) is 17.9. The zero-order valence-electron chi connectivity index (χ0n) is 27.5. The number of fused-ring (bicyclic) bond motifs is 6. The monoisotopic (exact) mass is 663 g/mol. The van der Waals surface area contributed by atoms with Crippen molar-refractivity contribution in [3.05, 3.63) is 168 Å². The van der Waals surface area contributed by atoms with Crippen LogP contribution in [0.2, 0.25) is 0 Å². The molecule has 0 radical (unpaired) electrons. The van der Waals surface area contributed by atoms with Crippen molar-refractivity contribution in [2.75, 3.05) is 0 Å². The molecule has 0 aliphatic heterocycles. The number of aromatic nitrogens is 3. The first-order valence-electron chi connectivity index (χ1n) is 16.8. The quantitative estimate of drug-likeness (QED) is 0.142.